The molecule has 0 aliphatic carbocycles. The first kappa shape index (κ1) is 12.6. The summed E-state index contributed by atoms with van der Waals surface area (Å²) in [6, 6.07) is 6.38. The van der Waals surface area contributed by atoms with Gasteiger partial charge >= 0.3 is 0 Å². The average Bonchev–Trinajstić information content (AvgIpc) is 2.00. The molecule has 84 valence electrons. The van der Waals surface area contributed by atoms with Gasteiger partial charge in [-0.05, 0) is 28.0 Å². The number of halogens is 1. The highest BCUT2D eigenvalue weighted by Crippen LogP contribution is 2.33. The molecule has 0 atom stereocenters. The van der Waals surface area contributed by atoms with Gasteiger partial charge in [0, 0.05) is 5.02 Å². The third-order valence-electron chi connectivity index (χ3n) is 2.64. The summed E-state index contributed by atoms with van der Waals surface area (Å²) in [6.45, 7) is 13.3. The van der Waals surface area contributed by atoms with Gasteiger partial charge in [-0.1, -0.05) is 65.3 Å². The van der Waals surface area contributed by atoms with E-state index in [-0.39, 0.29) is 10.8 Å². The predicted molar refractivity (Wildman–Crippen MR) is 68.9 cm³/mol. The van der Waals surface area contributed by atoms with Gasteiger partial charge in [0.15, 0.2) is 0 Å². The molecule has 0 spiro atoms. The van der Waals surface area contributed by atoms with Gasteiger partial charge in [0.25, 0.3) is 0 Å². The van der Waals surface area contributed by atoms with Crippen molar-refractivity contribution in [2.24, 2.45) is 0 Å². The fourth-order valence-corrected chi connectivity index (χ4v) is 1.97. The van der Waals surface area contributed by atoms with E-state index in [1.165, 1.54) is 11.1 Å². The van der Waals surface area contributed by atoms with Crippen LogP contribution in [0.15, 0.2) is 18.2 Å². The molecule has 0 aliphatic heterocycles. The first-order chi connectivity index (χ1) is 6.62. The smallest absolute Gasteiger partial charge is 0.0443 e. The Morgan fingerprint density at radius 1 is 0.867 bits per heavy atom. The first-order valence-corrected chi connectivity index (χ1v) is 5.80. The summed E-state index contributed by atoms with van der Waals surface area (Å²) in [4.78, 5) is 0. The Morgan fingerprint density at radius 3 is 1.80 bits per heavy atom. The summed E-state index contributed by atoms with van der Waals surface area (Å²) in [7, 11) is 0. The maximum absolute atomic E-state index is 6.23. The summed E-state index contributed by atoms with van der Waals surface area (Å²) in [5.74, 6) is 0. The van der Waals surface area contributed by atoms with E-state index in [1.807, 2.05) is 6.07 Å². The van der Waals surface area contributed by atoms with Crippen LogP contribution in [0.3, 0.4) is 0 Å². The van der Waals surface area contributed by atoms with Crippen LogP contribution in [-0.4, -0.2) is 0 Å². The Hall–Kier alpha value is -0.490. The molecule has 15 heavy (non-hydrogen) atoms. The van der Waals surface area contributed by atoms with Crippen LogP contribution < -0.4 is 0 Å². The zero-order valence-electron chi connectivity index (χ0n) is 10.6. The van der Waals surface area contributed by atoms with Gasteiger partial charge in [-0.3, -0.25) is 0 Å². The van der Waals surface area contributed by atoms with E-state index in [1.54, 1.807) is 0 Å². The predicted octanol–water partition coefficient (Wildman–Crippen LogP) is 4.94. The van der Waals surface area contributed by atoms with Gasteiger partial charge in [-0.25, -0.2) is 0 Å². The largest absolute Gasteiger partial charge is 0.0840 e. The van der Waals surface area contributed by atoms with Crippen molar-refractivity contribution in [1.29, 1.82) is 0 Å². The quantitative estimate of drug-likeness (QED) is 0.586. The molecule has 1 aromatic carbocycles. The molecule has 0 heterocycles. The molecule has 0 saturated heterocycles. The second-order valence-electron chi connectivity index (χ2n) is 6.19. The molecule has 0 amide bonds. The van der Waals surface area contributed by atoms with Crippen molar-refractivity contribution in [3.05, 3.63) is 34.3 Å². The second kappa shape index (κ2) is 3.83. The zero-order valence-corrected chi connectivity index (χ0v) is 11.4. The highest BCUT2D eigenvalue weighted by atomic mass is 35.5. The SMILES string of the molecule is CC(C)(C)c1ccc(Cl)c(C(C)(C)C)c1. The molecular formula is C14H21Cl. The lowest BCUT2D eigenvalue weighted by atomic mass is 9.81. The van der Waals surface area contributed by atoms with Crippen LogP contribution in [0.4, 0.5) is 0 Å². The topological polar surface area (TPSA) is 0 Å². The molecule has 0 radical (unpaired) electrons. The highest BCUT2D eigenvalue weighted by molar-refractivity contribution is 6.31. The minimum atomic E-state index is 0.109. The van der Waals surface area contributed by atoms with Crippen LogP contribution in [0.1, 0.15) is 52.7 Å². The van der Waals surface area contributed by atoms with Crippen molar-refractivity contribution in [2.75, 3.05) is 0 Å². The van der Waals surface area contributed by atoms with E-state index in [0.717, 1.165) is 5.02 Å². The number of rotatable bonds is 0. The van der Waals surface area contributed by atoms with Crippen LogP contribution in [0.5, 0.6) is 0 Å². The second-order valence-corrected chi connectivity index (χ2v) is 6.60. The third kappa shape index (κ3) is 2.98. The van der Waals surface area contributed by atoms with E-state index in [4.69, 9.17) is 11.6 Å². The maximum atomic E-state index is 6.23. The maximum Gasteiger partial charge on any atom is 0.0443 e. The van der Waals surface area contributed by atoms with E-state index < -0.39 is 0 Å². The molecule has 0 unspecified atom stereocenters. The summed E-state index contributed by atoms with van der Waals surface area (Å²) >= 11 is 6.23. The Morgan fingerprint density at radius 2 is 1.40 bits per heavy atom. The molecular weight excluding hydrogens is 204 g/mol. The van der Waals surface area contributed by atoms with E-state index in [9.17, 15) is 0 Å². The fourth-order valence-electron chi connectivity index (χ4n) is 1.57. The Kier molecular flexibility index (Phi) is 3.21. The summed E-state index contributed by atoms with van der Waals surface area (Å²) < 4.78 is 0. The number of hydrogen-bond acceptors (Lipinski definition) is 0. The average molecular weight is 225 g/mol. The summed E-state index contributed by atoms with van der Waals surface area (Å²) in [5, 5.41) is 0.871. The number of benzene rings is 1. The molecule has 0 N–H and O–H groups in total. The minimum absolute atomic E-state index is 0.109. The van der Waals surface area contributed by atoms with Crippen LogP contribution in [0.25, 0.3) is 0 Å². The van der Waals surface area contributed by atoms with Gasteiger partial charge in [0.05, 0.1) is 0 Å². The lowest BCUT2D eigenvalue weighted by molar-refractivity contribution is 0.569. The molecule has 1 rings (SSSR count). The molecule has 0 bridgehead atoms. The molecule has 0 aromatic heterocycles. The lowest BCUT2D eigenvalue weighted by Crippen LogP contribution is -2.16. The first-order valence-electron chi connectivity index (χ1n) is 5.43. The normalized spacial score (nSPS) is 13.0. The van der Waals surface area contributed by atoms with E-state index in [2.05, 4.69) is 53.7 Å². The lowest BCUT2D eigenvalue weighted by Gasteiger charge is -2.25. The molecule has 0 saturated carbocycles. The molecule has 0 aliphatic rings. The van der Waals surface area contributed by atoms with Crippen molar-refractivity contribution in [1.82, 2.24) is 0 Å². The molecule has 1 aromatic rings. The van der Waals surface area contributed by atoms with E-state index >= 15 is 0 Å². The van der Waals surface area contributed by atoms with Gasteiger partial charge in [-0.2, -0.15) is 0 Å². The van der Waals surface area contributed by atoms with Gasteiger partial charge in [0.2, 0.25) is 0 Å². The Balaban J connectivity index is 3.30. The van der Waals surface area contributed by atoms with Crippen molar-refractivity contribution < 1.29 is 0 Å². The van der Waals surface area contributed by atoms with Crippen LogP contribution >= 0.6 is 11.6 Å². The highest BCUT2D eigenvalue weighted by Gasteiger charge is 2.21. The van der Waals surface area contributed by atoms with Crippen molar-refractivity contribution >= 4 is 11.6 Å². The fraction of sp³-hybridized carbons (Fsp3) is 0.571. The summed E-state index contributed by atoms with van der Waals surface area (Å²) in [5.41, 5.74) is 2.87. The van der Waals surface area contributed by atoms with Gasteiger partial charge < -0.3 is 0 Å². The minimum Gasteiger partial charge on any atom is -0.0840 e. The standard InChI is InChI=1S/C14H21Cl/c1-13(2,3)10-7-8-12(15)11(9-10)14(4,5)6/h7-9H,1-6H3. The zero-order chi connectivity index (χ0) is 11.9. The van der Waals surface area contributed by atoms with Crippen molar-refractivity contribution in [2.45, 2.75) is 52.4 Å². The monoisotopic (exact) mass is 224 g/mol. The molecule has 0 fully saturated rings. The Bertz CT molecular complexity index is 351. The van der Waals surface area contributed by atoms with E-state index in [0.29, 0.717) is 0 Å². The van der Waals surface area contributed by atoms with Crippen LogP contribution in [0, 0.1) is 0 Å². The van der Waals surface area contributed by atoms with Crippen molar-refractivity contribution in [3.63, 3.8) is 0 Å². The molecule has 0 nitrogen and oxygen atoms in total. The number of hydrogen-bond donors (Lipinski definition) is 0. The third-order valence-corrected chi connectivity index (χ3v) is 2.97. The van der Waals surface area contributed by atoms with Gasteiger partial charge in [-0.15, -0.1) is 0 Å². The van der Waals surface area contributed by atoms with Crippen LogP contribution in [-0.2, 0) is 10.8 Å². The van der Waals surface area contributed by atoms with Crippen molar-refractivity contribution in [3.8, 4) is 0 Å². The van der Waals surface area contributed by atoms with Gasteiger partial charge in [0.1, 0.15) is 0 Å². The molecule has 1 heteroatoms. The van der Waals surface area contributed by atoms with Crippen LogP contribution in [0.2, 0.25) is 5.02 Å². The summed E-state index contributed by atoms with van der Waals surface area (Å²) in [6.07, 6.45) is 0. The Labute approximate surface area is 98.7 Å².